The van der Waals surface area contributed by atoms with E-state index in [1.165, 1.54) is 6.20 Å². The molecule has 2 aromatic heterocycles. The summed E-state index contributed by atoms with van der Waals surface area (Å²) in [6.07, 6.45) is -5.04. The van der Waals surface area contributed by atoms with E-state index in [1.54, 1.807) is 42.5 Å². The van der Waals surface area contributed by atoms with Gasteiger partial charge in [0.25, 0.3) is 5.56 Å². The second-order valence-corrected chi connectivity index (χ2v) is 8.44. The van der Waals surface area contributed by atoms with Crippen molar-refractivity contribution in [1.29, 1.82) is 0 Å². The van der Waals surface area contributed by atoms with E-state index in [1.807, 2.05) is 0 Å². The topological polar surface area (TPSA) is 100 Å². The number of anilines is 3. The quantitative estimate of drug-likeness (QED) is 0.359. The van der Waals surface area contributed by atoms with E-state index in [0.29, 0.717) is 39.7 Å². The van der Waals surface area contributed by atoms with Gasteiger partial charge in [0.1, 0.15) is 0 Å². The fourth-order valence-electron chi connectivity index (χ4n) is 4.01. The maximum Gasteiger partial charge on any atom is 0.425 e. The fourth-order valence-corrected chi connectivity index (χ4v) is 4.01. The third kappa shape index (κ3) is 4.82. The molecule has 0 saturated heterocycles. The van der Waals surface area contributed by atoms with Crippen LogP contribution in [0.3, 0.4) is 0 Å². The lowest BCUT2D eigenvalue weighted by Gasteiger charge is -2.22. The van der Waals surface area contributed by atoms with E-state index in [-0.39, 0.29) is 23.7 Å². The van der Waals surface area contributed by atoms with Gasteiger partial charge in [-0.3, -0.25) is 9.69 Å². The Morgan fingerprint density at radius 3 is 2.78 bits per heavy atom. The van der Waals surface area contributed by atoms with Crippen molar-refractivity contribution >= 4 is 34.1 Å². The minimum atomic E-state index is -4.65. The molecular weight excluding hydrogens is 494 g/mol. The number of fused-ring (bicyclic) bond motifs is 2. The average molecular weight is 513 g/mol. The lowest BCUT2D eigenvalue weighted by Crippen LogP contribution is -2.37. The van der Waals surface area contributed by atoms with Crippen molar-refractivity contribution in [2.24, 2.45) is 0 Å². The van der Waals surface area contributed by atoms with Crippen molar-refractivity contribution < 1.29 is 27.1 Å². The Hall–Kier alpha value is -4.48. The van der Waals surface area contributed by atoms with Crippen molar-refractivity contribution in [1.82, 2.24) is 15.0 Å². The predicted molar refractivity (Wildman–Crippen MR) is 128 cm³/mol. The first-order valence-corrected chi connectivity index (χ1v) is 11.2. The van der Waals surface area contributed by atoms with E-state index in [4.69, 9.17) is 0 Å². The van der Waals surface area contributed by atoms with Gasteiger partial charge in [-0.1, -0.05) is 0 Å². The average Bonchev–Trinajstić information content (AvgIpc) is 3.28. The summed E-state index contributed by atoms with van der Waals surface area (Å²) in [7, 11) is 0. The van der Waals surface area contributed by atoms with Crippen LogP contribution in [0.25, 0.3) is 22.2 Å². The molecule has 8 nitrogen and oxygen atoms in total. The molecule has 0 radical (unpaired) electrons. The van der Waals surface area contributed by atoms with E-state index >= 15 is 0 Å². The van der Waals surface area contributed by atoms with Gasteiger partial charge >= 0.3 is 12.3 Å². The third-order valence-electron chi connectivity index (χ3n) is 5.97. The number of pyridine rings is 1. The molecule has 2 N–H and O–H groups in total. The van der Waals surface area contributed by atoms with Crippen LogP contribution in [-0.4, -0.2) is 39.9 Å². The number of aromatic amines is 1. The summed E-state index contributed by atoms with van der Waals surface area (Å²) in [6, 6.07) is 11.5. The SMILES string of the molecule is CC(OC(=O)N1CCc2cc(-c3ncc(F)c(Nc4ccc5c(=O)[nH]ccc5c4)n3)ccc21)C(F)(F)F. The number of nitrogens with one attached hydrogen (secondary N) is 2. The Morgan fingerprint density at radius 1 is 1.19 bits per heavy atom. The normalized spacial score (nSPS) is 13.9. The predicted octanol–water partition coefficient (Wildman–Crippen LogP) is 5.32. The van der Waals surface area contributed by atoms with E-state index < -0.39 is 24.2 Å². The maximum atomic E-state index is 14.5. The minimum absolute atomic E-state index is 0.0824. The summed E-state index contributed by atoms with van der Waals surface area (Å²) in [4.78, 5) is 36.3. The molecule has 190 valence electrons. The molecule has 0 saturated carbocycles. The van der Waals surface area contributed by atoms with Gasteiger partial charge in [0.15, 0.2) is 23.6 Å². The van der Waals surface area contributed by atoms with Crippen molar-refractivity contribution in [3.05, 3.63) is 76.6 Å². The molecule has 1 aliphatic heterocycles. The lowest BCUT2D eigenvalue weighted by molar-refractivity contribution is -0.196. The van der Waals surface area contributed by atoms with Crippen LogP contribution < -0.4 is 15.8 Å². The Labute approximate surface area is 206 Å². The van der Waals surface area contributed by atoms with E-state index in [0.717, 1.165) is 18.0 Å². The number of amides is 1. The van der Waals surface area contributed by atoms with Crippen molar-refractivity contribution in [3.8, 4) is 11.4 Å². The Bertz CT molecular complexity index is 1570. The second-order valence-electron chi connectivity index (χ2n) is 8.44. The molecule has 12 heteroatoms. The van der Waals surface area contributed by atoms with E-state index in [2.05, 4.69) is 25.0 Å². The molecule has 3 heterocycles. The van der Waals surface area contributed by atoms with Gasteiger partial charge in [-0.2, -0.15) is 13.2 Å². The monoisotopic (exact) mass is 513 g/mol. The van der Waals surface area contributed by atoms with Crippen molar-refractivity contribution in [2.75, 3.05) is 16.8 Å². The molecule has 1 amide bonds. The highest BCUT2D eigenvalue weighted by Crippen LogP contribution is 2.33. The zero-order valence-corrected chi connectivity index (χ0v) is 19.3. The van der Waals surface area contributed by atoms with Gasteiger partial charge in [-0.25, -0.2) is 19.2 Å². The number of halogens is 4. The number of benzene rings is 2. The van der Waals surface area contributed by atoms with Crippen molar-refractivity contribution in [3.63, 3.8) is 0 Å². The molecule has 4 aromatic rings. The molecule has 2 aromatic carbocycles. The summed E-state index contributed by atoms with van der Waals surface area (Å²) in [5.41, 5.74) is 1.92. The van der Waals surface area contributed by atoms with Crippen LogP contribution >= 0.6 is 0 Å². The number of carbonyl (C=O) groups excluding carboxylic acids is 1. The molecule has 5 rings (SSSR count). The number of hydrogen-bond donors (Lipinski definition) is 2. The zero-order chi connectivity index (χ0) is 26.3. The van der Waals surface area contributed by atoms with Crippen LogP contribution in [0, 0.1) is 5.82 Å². The molecule has 0 bridgehead atoms. The number of ether oxygens (including phenoxy) is 1. The van der Waals surface area contributed by atoms with Crippen molar-refractivity contribution in [2.45, 2.75) is 25.6 Å². The van der Waals surface area contributed by atoms with Gasteiger partial charge in [0.05, 0.1) is 11.9 Å². The summed E-state index contributed by atoms with van der Waals surface area (Å²) < 4.78 is 57.4. The maximum absolute atomic E-state index is 14.5. The van der Waals surface area contributed by atoms with Crippen LogP contribution in [0.1, 0.15) is 12.5 Å². The number of alkyl halides is 3. The smallest absolute Gasteiger partial charge is 0.425 e. The largest absolute Gasteiger partial charge is 0.436 e. The van der Waals surface area contributed by atoms with Crippen LogP contribution in [0.4, 0.5) is 39.5 Å². The van der Waals surface area contributed by atoms with Gasteiger partial charge < -0.3 is 15.0 Å². The third-order valence-corrected chi connectivity index (χ3v) is 5.97. The number of rotatable bonds is 4. The van der Waals surface area contributed by atoms with Crippen LogP contribution in [0.2, 0.25) is 0 Å². The minimum Gasteiger partial charge on any atom is -0.436 e. The molecular formula is C25H19F4N5O3. The number of nitrogens with zero attached hydrogens (tertiary/aromatic N) is 3. The first-order valence-electron chi connectivity index (χ1n) is 11.2. The lowest BCUT2D eigenvalue weighted by atomic mass is 10.1. The van der Waals surface area contributed by atoms with Gasteiger partial charge in [-0.05, 0) is 66.8 Å². The Kier molecular flexibility index (Phi) is 6.02. The molecule has 1 unspecified atom stereocenters. The summed E-state index contributed by atoms with van der Waals surface area (Å²) in [6.45, 7) is 0.928. The first kappa shape index (κ1) is 24.2. The van der Waals surface area contributed by atoms with Crippen LogP contribution in [0.5, 0.6) is 0 Å². The molecule has 0 aliphatic carbocycles. The van der Waals surface area contributed by atoms with Gasteiger partial charge in [0.2, 0.25) is 0 Å². The zero-order valence-electron chi connectivity index (χ0n) is 19.3. The summed E-state index contributed by atoms with van der Waals surface area (Å²) >= 11 is 0. The first-order chi connectivity index (χ1) is 17.6. The highest BCUT2D eigenvalue weighted by molar-refractivity contribution is 5.91. The fraction of sp³-hybridized carbons (Fsp3) is 0.200. The summed E-state index contributed by atoms with van der Waals surface area (Å²) in [5.74, 6) is -0.569. The molecule has 37 heavy (non-hydrogen) atoms. The summed E-state index contributed by atoms with van der Waals surface area (Å²) in [5, 5.41) is 4.05. The Morgan fingerprint density at radius 2 is 2.00 bits per heavy atom. The van der Waals surface area contributed by atoms with E-state index in [9.17, 15) is 27.2 Å². The second kappa shape index (κ2) is 9.19. The number of H-pyrrole nitrogens is 1. The molecule has 0 spiro atoms. The van der Waals surface area contributed by atoms with Gasteiger partial charge in [-0.15, -0.1) is 0 Å². The number of hydrogen-bond acceptors (Lipinski definition) is 6. The van der Waals surface area contributed by atoms with Gasteiger partial charge in [0, 0.05) is 29.4 Å². The van der Waals surface area contributed by atoms with Crippen LogP contribution in [0.15, 0.2) is 59.7 Å². The number of carbonyl (C=O) groups is 1. The highest BCUT2D eigenvalue weighted by atomic mass is 19.4. The molecule has 1 atom stereocenters. The molecule has 1 aliphatic rings. The molecule has 0 fully saturated rings. The highest BCUT2D eigenvalue weighted by Gasteiger charge is 2.40. The Balaban J connectivity index is 1.38. The standard InChI is InChI=1S/C25H19F4N5O3/c1-13(25(27,28)29)37-24(36)34-9-7-15-10-16(2-5-20(15)34)21-31-12-19(26)22(33-21)32-17-3-4-18-14(11-17)6-8-30-23(18)35/h2-6,8,10-13H,7,9H2,1H3,(H,30,35)(H,31,32,33). The number of aromatic nitrogens is 3. The van der Waals surface area contributed by atoms with Crippen LogP contribution in [-0.2, 0) is 11.2 Å².